The summed E-state index contributed by atoms with van der Waals surface area (Å²) in [5.74, 6) is -0.692. The highest BCUT2D eigenvalue weighted by Crippen LogP contribution is 2.18. The quantitative estimate of drug-likeness (QED) is 0.945. The van der Waals surface area contributed by atoms with Crippen molar-refractivity contribution in [2.24, 2.45) is 0 Å². The minimum absolute atomic E-state index is 0.0725. The molecule has 4 nitrogen and oxygen atoms in total. The van der Waals surface area contributed by atoms with Gasteiger partial charge in [0.1, 0.15) is 5.82 Å². The smallest absolute Gasteiger partial charge is 0.255 e. The van der Waals surface area contributed by atoms with Crippen LogP contribution < -0.4 is 0 Å². The Hall–Kier alpha value is -1.98. The third kappa shape index (κ3) is 3.77. The molecular formula is C15H14ClFN2O2. The lowest BCUT2D eigenvalue weighted by Gasteiger charge is -2.21. The molecule has 1 amide bonds. The number of hydrogen-bond acceptors (Lipinski definition) is 3. The third-order valence-corrected chi connectivity index (χ3v) is 3.35. The summed E-state index contributed by atoms with van der Waals surface area (Å²) < 4.78 is 12.8. The molecule has 1 atom stereocenters. The standard InChI is InChI=1S/C15H14ClFN2O2/c1-19(15(21)12-6-7-18-8-13(12)16)9-14(20)10-2-4-11(17)5-3-10/h2-8,14,20H,9H2,1H3. The van der Waals surface area contributed by atoms with E-state index in [2.05, 4.69) is 4.98 Å². The predicted molar refractivity (Wildman–Crippen MR) is 77.6 cm³/mol. The summed E-state index contributed by atoms with van der Waals surface area (Å²) in [6.45, 7) is 0.0725. The van der Waals surface area contributed by atoms with Crippen LogP contribution in [0.15, 0.2) is 42.7 Å². The van der Waals surface area contributed by atoms with E-state index in [-0.39, 0.29) is 23.3 Å². The molecule has 0 saturated carbocycles. The molecule has 1 heterocycles. The molecule has 1 aromatic carbocycles. The van der Waals surface area contributed by atoms with E-state index in [1.807, 2.05) is 0 Å². The third-order valence-electron chi connectivity index (χ3n) is 3.05. The van der Waals surface area contributed by atoms with E-state index >= 15 is 0 Å². The van der Waals surface area contributed by atoms with Gasteiger partial charge >= 0.3 is 0 Å². The number of amides is 1. The van der Waals surface area contributed by atoms with Gasteiger partial charge in [0, 0.05) is 19.4 Å². The van der Waals surface area contributed by atoms with E-state index in [4.69, 9.17) is 11.6 Å². The summed E-state index contributed by atoms with van der Waals surface area (Å²) in [5, 5.41) is 10.3. The monoisotopic (exact) mass is 308 g/mol. The fourth-order valence-electron chi connectivity index (χ4n) is 1.89. The predicted octanol–water partition coefficient (Wildman–Crippen LogP) is 2.68. The van der Waals surface area contributed by atoms with Crippen LogP contribution in [-0.4, -0.2) is 34.5 Å². The zero-order valence-corrected chi connectivity index (χ0v) is 12.1. The van der Waals surface area contributed by atoms with Crippen molar-refractivity contribution in [1.29, 1.82) is 0 Å². The molecule has 1 unspecified atom stereocenters. The van der Waals surface area contributed by atoms with Crippen LogP contribution in [0.2, 0.25) is 5.02 Å². The second-order valence-corrected chi connectivity index (χ2v) is 5.02. The number of aromatic nitrogens is 1. The zero-order valence-electron chi connectivity index (χ0n) is 11.3. The first-order valence-corrected chi connectivity index (χ1v) is 6.65. The lowest BCUT2D eigenvalue weighted by Crippen LogP contribution is -2.31. The molecule has 0 radical (unpaired) electrons. The number of nitrogens with zero attached hydrogens (tertiary/aromatic N) is 2. The number of aliphatic hydroxyl groups excluding tert-OH is 1. The van der Waals surface area contributed by atoms with Gasteiger partial charge in [-0.25, -0.2) is 4.39 Å². The van der Waals surface area contributed by atoms with Crippen LogP contribution in [0.1, 0.15) is 22.0 Å². The van der Waals surface area contributed by atoms with Gasteiger partial charge in [-0.2, -0.15) is 0 Å². The van der Waals surface area contributed by atoms with Crippen molar-refractivity contribution in [3.63, 3.8) is 0 Å². The fourth-order valence-corrected chi connectivity index (χ4v) is 2.09. The maximum absolute atomic E-state index is 12.8. The molecule has 0 aliphatic heterocycles. The minimum atomic E-state index is -0.903. The molecule has 0 bridgehead atoms. The van der Waals surface area contributed by atoms with Gasteiger partial charge in [0.15, 0.2) is 0 Å². The summed E-state index contributed by atoms with van der Waals surface area (Å²) in [4.78, 5) is 17.4. The fraction of sp³-hybridized carbons (Fsp3) is 0.200. The number of aliphatic hydroxyl groups is 1. The molecule has 1 aromatic heterocycles. The van der Waals surface area contributed by atoms with Crippen LogP contribution in [-0.2, 0) is 0 Å². The Balaban J connectivity index is 2.07. The average Bonchev–Trinajstić information content (AvgIpc) is 2.47. The second kappa shape index (κ2) is 6.65. The van der Waals surface area contributed by atoms with Crippen molar-refractivity contribution in [1.82, 2.24) is 9.88 Å². The highest BCUT2D eigenvalue weighted by Gasteiger charge is 2.18. The molecule has 110 valence electrons. The molecular weight excluding hydrogens is 295 g/mol. The van der Waals surface area contributed by atoms with Gasteiger partial charge in [-0.1, -0.05) is 23.7 Å². The number of halogens is 2. The number of rotatable bonds is 4. The molecule has 2 aromatic rings. The first-order chi connectivity index (χ1) is 9.99. The highest BCUT2D eigenvalue weighted by atomic mass is 35.5. The molecule has 1 N–H and O–H groups in total. The summed E-state index contributed by atoms with van der Waals surface area (Å²) in [6.07, 6.45) is 1.96. The summed E-state index contributed by atoms with van der Waals surface area (Å²) in [7, 11) is 1.56. The lowest BCUT2D eigenvalue weighted by molar-refractivity contribution is 0.0681. The van der Waals surface area contributed by atoms with Crippen LogP contribution in [0.4, 0.5) is 4.39 Å². The van der Waals surface area contributed by atoms with Gasteiger partial charge in [0.25, 0.3) is 5.91 Å². The number of hydrogen-bond donors (Lipinski definition) is 1. The van der Waals surface area contributed by atoms with Crippen molar-refractivity contribution < 1.29 is 14.3 Å². The Bertz CT molecular complexity index is 634. The molecule has 21 heavy (non-hydrogen) atoms. The number of pyridine rings is 1. The SMILES string of the molecule is CN(CC(O)c1ccc(F)cc1)C(=O)c1ccncc1Cl. The molecule has 0 saturated heterocycles. The maximum atomic E-state index is 12.8. The summed E-state index contributed by atoms with van der Waals surface area (Å²) >= 11 is 5.92. The first kappa shape index (κ1) is 15.4. The first-order valence-electron chi connectivity index (χ1n) is 6.27. The Kier molecular flexibility index (Phi) is 4.88. The van der Waals surface area contributed by atoms with Gasteiger partial charge in [0.05, 0.1) is 23.2 Å². The second-order valence-electron chi connectivity index (χ2n) is 4.61. The molecule has 0 aliphatic rings. The maximum Gasteiger partial charge on any atom is 0.255 e. The van der Waals surface area contributed by atoms with E-state index < -0.39 is 6.10 Å². The summed E-state index contributed by atoms with van der Waals surface area (Å²) in [6, 6.07) is 7.02. The largest absolute Gasteiger partial charge is 0.387 e. The Morgan fingerprint density at radius 3 is 2.67 bits per heavy atom. The van der Waals surface area contributed by atoms with Gasteiger partial charge in [-0.3, -0.25) is 9.78 Å². The van der Waals surface area contributed by atoms with Crippen molar-refractivity contribution in [2.45, 2.75) is 6.10 Å². The molecule has 6 heteroatoms. The van der Waals surface area contributed by atoms with E-state index in [0.29, 0.717) is 11.1 Å². The number of carbonyl (C=O) groups excluding carboxylic acids is 1. The van der Waals surface area contributed by atoms with Gasteiger partial charge in [0.2, 0.25) is 0 Å². The number of carbonyl (C=O) groups is 1. The van der Waals surface area contributed by atoms with Crippen molar-refractivity contribution >= 4 is 17.5 Å². The van der Waals surface area contributed by atoms with E-state index in [1.54, 1.807) is 7.05 Å². The van der Waals surface area contributed by atoms with Crippen LogP contribution in [0, 0.1) is 5.82 Å². The molecule has 2 rings (SSSR count). The van der Waals surface area contributed by atoms with Crippen molar-refractivity contribution in [3.05, 3.63) is 64.7 Å². The average molecular weight is 309 g/mol. The normalized spacial score (nSPS) is 12.0. The molecule has 0 spiro atoms. The van der Waals surface area contributed by atoms with Crippen LogP contribution >= 0.6 is 11.6 Å². The number of likely N-dealkylation sites (N-methyl/N-ethyl adjacent to an activating group) is 1. The van der Waals surface area contributed by atoms with Crippen LogP contribution in [0.5, 0.6) is 0 Å². The molecule has 0 fully saturated rings. The van der Waals surface area contributed by atoms with Crippen LogP contribution in [0.3, 0.4) is 0 Å². The van der Waals surface area contributed by atoms with Gasteiger partial charge in [-0.15, -0.1) is 0 Å². The Morgan fingerprint density at radius 1 is 1.38 bits per heavy atom. The van der Waals surface area contributed by atoms with E-state index in [1.165, 1.54) is 47.6 Å². The minimum Gasteiger partial charge on any atom is -0.387 e. The van der Waals surface area contributed by atoms with E-state index in [0.717, 1.165) is 0 Å². The van der Waals surface area contributed by atoms with Crippen molar-refractivity contribution in [2.75, 3.05) is 13.6 Å². The topological polar surface area (TPSA) is 53.4 Å². The number of benzene rings is 1. The van der Waals surface area contributed by atoms with Crippen LogP contribution in [0.25, 0.3) is 0 Å². The lowest BCUT2D eigenvalue weighted by atomic mass is 10.1. The van der Waals surface area contributed by atoms with Crippen molar-refractivity contribution in [3.8, 4) is 0 Å². The van der Waals surface area contributed by atoms with Gasteiger partial charge < -0.3 is 10.0 Å². The summed E-state index contributed by atoms with van der Waals surface area (Å²) in [5.41, 5.74) is 0.859. The Morgan fingerprint density at radius 2 is 2.05 bits per heavy atom. The van der Waals surface area contributed by atoms with Gasteiger partial charge in [-0.05, 0) is 23.8 Å². The molecule has 0 aliphatic carbocycles. The van der Waals surface area contributed by atoms with E-state index in [9.17, 15) is 14.3 Å². The highest BCUT2D eigenvalue weighted by molar-refractivity contribution is 6.33. The Labute approximate surface area is 126 Å². The zero-order chi connectivity index (χ0) is 15.4.